The van der Waals surface area contributed by atoms with Crippen LogP contribution in [0.25, 0.3) is 0 Å². The molecule has 1 aromatic heterocycles. The first kappa shape index (κ1) is 13.3. The van der Waals surface area contributed by atoms with Crippen LogP contribution in [0.4, 0.5) is 11.4 Å². The molecule has 0 spiro atoms. The molecule has 1 saturated heterocycles. The predicted octanol–water partition coefficient (Wildman–Crippen LogP) is 3.70. The number of nitrogens with zero attached hydrogens (tertiary/aromatic N) is 2. The highest BCUT2D eigenvalue weighted by Gasteiger charge is 2.31. The van der Waals surface area contributed by atoms with Gasteiger partial charge in [-0.05, 0) is 35.7 Å². The van der Waals surface area contributed by atoms with Gasteiger partial charge in [0.05, 0.1) is 11.4 Å². The predicted molar refractivity (Wildman–Crippen MR) is 91.2 cm³/mol. The molecule has 1 aliphatic heterocycles. The van der Waals surface area contributed by atoms with Gasteiger partial charge in [0.25, 0.3) is 0 Å². The van der Waals surface area contributed by atoms with Gasteiger partial charge in [0.2, 0.25) is 0 Å². The molecule has 2 heterocycles. The van der Waals surface area contributed by atoms with Crippen molar-refractivity contribution in [3.63, 3.8) is 0 Å². The molecule has 110 valence electrons. The van der Waals surface area contributed by atoms with Gasteiger partial charge in [-0.15, -0.1) is 11.3 Å². The topological polar surface area (TPSA) is 30.5 Å². The highest BCUT2D eigenvalue weighted by Crippen LogP contribution is 2.28. The van der Waals surface area contributed by atoms with Gasteiger partial charge in [-0.2, -0.15) is 10.9 Å². The number of thiophene rings is 1. The first-order valence-electron chi connectivity index (χ1n) is 7.18. The fourth-order valence-electron chi connectivity index (χ4n) is 2.49. The number of hydrazine groups is 3. The number of nitrogens with one attached hydrogen (secondary N) is 2. The lowest BCUT2D eigenvalue weighted by Gasteiger charge is -2.29. The fourth-order valence-corrected chi connectivity index (χ4v) is 3.20. The van der Waals surface area contributed by atoms with Gasteiger partial charge in [0.1, 0.15) is 6.17 Å². The summed E-state index contributed by atoms with van der Waals surface area (Å²) in [6.07, 6.45) is 0.0559. The molecule has 0 aliphatic carbocycles. The van der Waals surface area contributed by atoms with Crippen LogP contribution in [0, 0.1) is 0 Å². The summed E-state index contributed by atoms with van der Waals surface area (Å²) in [6.45, 7) is 0. The second-order valence-electron chi connectivity index (χ2n) is 5.00. The molecule has 4 nitrogen and oxygen atoms in total. The molecule has 1 fully saturated rings. The van der Waals surface area contributed by atoms with Crippen molar-refractivity contribution in [2.45, 2.75) is 6.17 Å². The maximum Gasteiger partial charge on any atom is 0.131 e. The lowest BCUT2D eigenvalue weighted by Crippen LogP contribution is -2.45. The van der Waals surface area contributed by atoms with Crippen LogP contribution in [-0.4, -0.2) is 0 Å². The molecular formula is C17H16N4S. The van der Waals surface area contributed by atoms with Crippen molar-refractivity contribution in [3.8, 4) is 0 Å². The highest BCUT2D eigenvalue weighted by molar-refractivity contribution is 7.10. The third-order valence-electron chi connectivity index (χ3n) is 3.53. The molecule has 0 radical (unpaired) electrons. The summed E-state index contributed by atoms with van der Waals surface area (Å²) in [4.78, 5) is 1.25. The minimum atomic E-state index is 0.0559. The van der Waals surface area contributed by atoms with Gasteiger partial charge in [-0.25, -0.2) is 10.2 Å². The Balaban J connectivity index is 1.70. The molecule has 5 heteroatoms. The Bertz CT molecular complexity index is 667. The van der Waals surface area contributed by atoms with E-state index < -0.39 is 0 Å². The van der Waals surface area contributed by atoms with Crippen LogP contribution < -0.4 is 21.1 Å². The minimum Gasteiger partial charge on any atom is -0.201 e. The highest BCUT2D eigenvalue weighted by atomic mass is 32.1. The molecule has 4 rings (SSSR count). The van der Waals surface area contributed by atoms with Crippen molar-refractivity contribution in [2.75, 3.05) is 10.2 Å². The Morgan fingerprint density at radius 1 is 0.682 bits per heavy atom. The summed E-state index contributed by atoms with van der Waals surface area (Å²) >= 11 is 1.74. The Morgan fingerprint density at radius 3 is 1.68 bits per heavy atom. The molecule has 2 N–H and O–H groups in total. The molecule has 0 amide bonds. The zero-order valence-electron chi connectivity index (χ0n) is 11.9. The quantitative estimate of drug-likeness (QED) is 0.772. The largest absolute Gasteiger partial charge is 0.201 e. The van der Waals surface area contributed by atoms with E-state index in [9.17, 15) is 0 Å². The molecule has 0 unspecified atom stereocenters. The molecule has 3 aromatic rings. The van der Waals surface area contributed by atoms with Gasteiger partial charge >= 0.3 is 0 Å². The summed E-state index contributed by atoms with van der Waals surface area (Å²) < 4.78 is 0. The zero-order valence-corrected chi connectivity index (χ0v) is 12.7. The molecule has 0 atom stereocenters. The van der Waals surface area contributed by atoms with E-state index in [1.54, 1.807) is 11.3 Å². The van der Waals surface area contributed by atoms with E-state index in [4.69, 9.17) is 0 Å². The van der Waals surface area contributed by atoms with Crippen LogP contribution in [0.1, 0.15) is 11.0 Å². The summed E-state index contributed by atoms with van der Waals surface area (Å²) in [6, 6.07) is 24.8. The van der Waals surface area contributed by atoms with Crippen LogP contribution in [0.5, 0.6) is 0 Å². The van der Waals surface area contributed by atoms with Crippen molar-refractivity contribution >= 4 is 22.7 Å². The van der Waals surface area contributed by atoms with Crippen molar-refractivity contribution in [1.29, 1.82) is 0 Å². The zero-order chi connectivity index (χ0) is 14.8. The molecule has 0 bridgehead atoms. The Kier molecular flexibility index (Phi) is 3.52. The average Bonchev–Trinajstić information content (AvgIpc) is 3.26. The van der Waals surface area contributed by atoms with Gasteiger partial charge in [0, 0.05) is 4.88 Å². The van der Waals surface area contributed by atoms with Crippen molar-refractivity contribution < 1.29 is 0 Å². The molecular weight excluding hydrogens is 292 g/mol. The lowest BCUT2D eigenvalue weighted by atomic mass is 10.3. The molecule has 1 aliphatic rings. The van der Waals surface area contributed by atoms with Gasteiger partial charge < -0.3 is 0 Å². The van der Waals surface area contributed by atoms with Crippen molar-refractivity contribution in [2.24, 2.45) is 0 Å². The minimum absolute atomic E-state index is 0.0559. The second kappa shape index (κ2) is 5.81. The Hall–Kier alpha value is -2.34. The van der Waals surface area contributed by atoms with Gasteiger partial charge in [-0.3, -0.25) is 0 Å². The summed E-state index contributed by atoms with van der Waals surface area (Å²) in [5.74, 6) is 0. The Labute approximate surface area is 133 Å². The SMILES string of the molecule is c1ccc(N2NC(c3cccs3)NN2c2ccccc2)cc1. The summed E-state index contributed by atoms with van der Waals surface area (Å²) in [5.41, 5.74) is 9.20. The first-order chi connectivity index (χ1) is 10.9. The van der Waals surface area contributed by atoms with E-state index in [-0.39, 0.29) is 6.17 Å². The third kappa shape index (κ3) is 2.46. The third-order valence-corrected chi connectivity index (χ3v) is 4.47. The van der Waals surface area contributed by atoms with Crippen LogP contribution >= 0.6 is 11.3 Å². The second-order valence-corrected chi connectivity index (χ2v) is 5.98. The van der Waals surface area contributed by atoms with Gasteiger partial charge in [0.15, 0.2) is 0 Å². The van der Waals surface area contributed by atoms with Crippen LogP contribution in [0.3, 0.4) is 0 Å². The van der Waals surface area contributed by atoms with E-state index in [1.165, 1.54) is 4.88 Å². The fraction of sp³-hybridized carbons (Fsp3) is 0.0588. The first-order valence-corrected chi connectivity index (χ1v) is 8.06. The van der Waals surface area contributed by atoms with Crippen molar-refractivity contribution in [1.82, 2.24) is 10.9 Å². The van der Waals surface area contributed by atoms with Crippen LogP contribution in [0.15, 0.2) is 78.2 Å². The van der Waals surface area contributed by atoms with Gasteiger partial charge in [-0.1, -0.05) is 42.5 Å². The Morgan fingerprint density at radius 2 is 1.23 bits per heavy atom. The normalized spacial score (nSPS) is 15.5. The van der Waals surface area contributed by atoms with E-state index >= 15 is 0 Å². The van der Waals surface area contributed by atoms with Crippen LogP contribution in [0.2, 0.25) is 0 Å². The number of anilines is 2. The summed E-state index contributed by atoms with van der Waals surface area (Å²) in [5, 5.41) is 6.18. The standard InChI is InChI=1S/C17H16N4S/c1-3-8-14(9-4-1)20-18-17(16-12-7-13-22-16)19-21(20)15-10-5-2-6-11-15/h1-13,17-19H. The molecule has 0 saturated carbocycles. The van der Waals surface area contributed by atoms with Crippen LogP contribution in [-0.2, 0) is 0 Å². The number of benzene rings is 2. The van der Waals surface area contributed by atoms with E-state index in [2.05, 4.69) is 52.6 Å². The number of hydrogen-bond donors (Lipinski definition) is 2. The maximum absolute atomic E-state index is 3.52. The number of rotatable bonds is 3. The average molecular weight is 308 g/mol. The van der Waals surface area contributed by atoms with E-state index in [0.29, 0.717) is 0 Å². The van der Waals surface area contributed by atoms with E-state index in [0.717, 1.165) is 11.4 Å². The molecule has 22 heavy (non-hydrogen) atoms. The molecule has 2 aromatic carbocycles. The smallest absolute Gasteiger partial charge is 0.131 e. The number of hydrogen-bond acceptors (Lipinski definition) is 5. The monoisotopic (exact) mass is 308 g/mol. The maximum atomic E-state index is 3.52. The lowest BCUT2D eigenvalue weighted by molar-refractivity contribution is 0.584. The summed E-state index contributed by atoms with van der Waals surface area (Å²) in [7, 11) is 0. The number of para-hydroxylation sites is 2. The van der Waals surface area contributed by atoms with E-state index in [1.807, 2.05) is 46.6 Å². The van der Waals surface area contributed by atoms with Crippen molar-refractivity contribution in [3.05, 3.63) is 83.1 Å².